The topological polar surface area (TPSA) is 51.4 Å². The fraction of sp³-hybridized carbons (Fsp3) is 0.667. The number of hydrogen-bond donors (Lipinski definition) is 1. The maximum Gasteiger partial charge on any atom is 0.0702 e. The van der Waals surface area contributed by atoms with Crippen molar-refractivity contribution in [3.63, 3.8) is 0 Å². The largest absolute Gasteiger partial charge is 0.377 e. The van der Waals surface area contributed by atoms with Crippen molar-refractivity contribution in [3.8, 4) is 0 Å². The Morgan fingerprint density at radius 2 is 2.16 bits per heavy atom. The summed E-state index contributed by atoms with van der Waals surface area (Å²) in [5.41, 5.74) is 7.40. The Balaban J connectivity index is 2.02. The molecule has 1 saturated heterocycles. The number of likely N-dealkylation sites (N-methyl/N-ethyl adjacent to an activating group) is 1. The highest BCUT2D eigenvalue weighted by Crippen LogP contribution is 2.23. The minimum Gasteiger partial charge on any atom is -0.377 e. The van der Waals surface area contributed by atoms with Gasteiger partial charge in [0, 0.05) is 37.6 Å². The number of aromatic nitrogens is 1. The van der Waals surface area contributed by atoms with Gasteiger partial charge in [-0.15, -0.1) is 0 Å². The molecule has 1 fully saturated rings. The lowest BCUT2D eigenvalue weighted by atomic mass is 9.99. The van der Waals surface area contributed by atoms with Gasteiger partial charge in [0.15, 0.2) is 0 Å². The van der Waals surface area contributed by atoms with Crippen LogP contribution in [0.2, 0.25) is 0 Å². The molecule has 0 saturated carbocycles. The van der Waals surface area contributed by atoms with Crippen molar-refractivity contribution in [1.29, 1.82) is 0 Å². The molecule has 3 atom stereocenters. The van der Waals surface area contributed by atoms with Crippen LogP contribution >= 0.6 is 0 Å². The Labute approximate surface area is 116 Å². The van der Waals surface area contributed by atoms with E-state index >= 15 is 0 Å². The molecule has 106 valence electrons. The fourth-order valence-electron chi connectivity index (χ4n) is 2.91. The minimum atomic E-state index is 0.0796. The van der Waals surface area contributed by atoms with E-state index in [0.29, 0.717) is 6.10 Å². The Morgan fingerprint density at radius 3 is 2.74 bits per heavy atom. The monoisotopic (exact) mass is 263 g/mol. The minimum absolute atomic E-state index is 0.0796. The van der Waals surface area contributed by atoms with Gasteiger partial charge in [0.25, 0.3) is 0 Å². The zero-order valence-electron chi connectivity index (χ0n) is 12.0. The molecule has 1 aliphatic heterocycles. The second kappa shape index (κ2) is 6.98. The molecule has 0 aliphatic carbocycles. The third-order valence-electron chi connectivity index (χ3n) is 3.79. The Hall–Kier alpha value is -0.970. The van der Waals surface area contributed by atoms with E-state index in [1.54, 1.807) is 0 Å². The van der Waals surface area contributed by atoms with Crippen molar-refractivity contribution in [2.24, 2.45) is 5.73 Å². The maximum absolute atomic E-state index is 6.17. The molecule has 2 rings (SSSR count). The van der Waals surface area contributed by atoms with Crippen molar-refractivity contribution in [3.05, 3.63) is 30.1 Å². The summed E-state index contributed by atoms with van der Waals surface area (Å²) < 4.78 is 5.82. The van der Waals surface area contributed by atoms with Crippen molar-refractivity contribution >= 4 is 0 Å². The van der Waals surface area contributed by atoms with Gasteiger partial charge in [-0.1, -0.05) is 0 Å². The van der Waals surface area contributed by atoms with Crippen LogP contribution in [0, 0.1) is 0 Å². The predicted molar refractivity (Wildman–Crippen MR) is 76.8 cm³/mol. The lowest BCUT2D eigenvalue weighted by Gasteiger charge is -2.35. The molecule has 1 aromatic rings. The van der Waals surface area contributed by atoms with E-state index in [0.717, 1.165) is 19.6 Å². The van der Waals surface area contributed by atoms with Gasteiger partial charge in [-0.25, -0.2) is 0 Å². The quantitative estimate of drug-likeness (QED) is 0.882. The van der Waals surface area contributed by atoms with Gasteiger partial charge in [-0.05, 0) is 50.9 Å². The molecule has 3 unspecified atom stereocenters. The molecule has 2 heterocycles. The van der Waals surface area contributed by atoms with Crippen molar-refractivity contribution < 1.29 is 4.74 Å². The van der Waals surface area contributed by atoms with Crippen LogP contribution in [0.25, 0.3) is 0 Å². The molecule has 1 aromatic heterocycles. The van der Waals surface area contributed by atoms with E-state index in [4.69, 9.17) is 10.5 Å². The van der Waals surface area contributed by atoms with E-state index in [1.165, 1.54) is 18.4 Å². The van der Waals surface area contributed by atoms with Crippen molar-refractivity contribution in [2.75, 3.05) is 20.2 Å². The summed E-state index contributed by atoms with van der Waals surface area (Å²) in [5.74, 6) is 0. The molecule has 0 spiro atoms. The molecule has 0 radical (unpaired) electrons. The fourth-order valence-corrected chi connectivity index (χ4v) is 2.91. The van der Waals surface area contributed by atoms with Crippen molar-refractivity contribution in [1.82, 2.24) is 9.88 Å². The molecule has 1 aliphatic rings. The summed E-state index contributed by atoms with van der Waals surface area (Å²) in [6, 6.07) is 4.39. The summed E-state index contributed by atoms with van der Waals surface area (Å²) in [5, 5.41) is 0. The van der Waals surface area contributed by atoms with Crippen LogP contribution in [0.15, 0.2) is 24.5 Å². The number of hydrogen-bond acceptors (Lipinski definition) is 4. The van der Waals surface area contributed by atoms with Crippen LogP contribution < -0.4 is 5.73 Å². The molecular formula is C15H25N3O. The highest BCUT2D eigenvalue weighted by molar-refractivity contribution is 5.17. The standard InChI is InChI=1S/C15H25N3O/c1-12(16)15(13-6-8-17-9-7-13)18(2)11-14-5-3-4-10-19-14/h6-9,12,14-15H,3-5,10-11,16H2,1-2H3. The average Bonchev–Trinajstić information content (AvgIpc) is 2.40. The van der Waals surface area contributed by atoms with Crippen LogP contribution in [0.5, 0.6) is 0 Å². The Morgan fingerprint density at radius 1 is 1.42 bits per heavy atom. The Bertz CT molecular complexity index is 363. The SMILES string of the molecule is CC(N)C(c1ccncc1)N(C)CC1CCCCO1. The molecule has 0 bridgehead atoms. The van der Waals surface area contributed by atoms with E-state index in [1.807, 2.05) is 24.5 Å². The molecule has 2 N–H and O–H groups in total. The summed E-state index contributed by atoms with van der Waals surface area (Å²) >= 11 is 0. The molecular weight excluding hydrogens is 238 g/mol. The highest BCUT2D eigenvalue weighted by atomic mass is 16.5. The second-order valence-corrected chi connectivity index (χ2v) is 5.51. The van der Waals surface area contributed by atoms with Crippen LogP contribution in [0.3, 0.4) is 0 Å². The molecule has 0 amide bonds. The van der Waals surface area contributed by atoms with Crippen LogP contribution in [0.1, 0.15) is 37.8 Å². The normalized spacial score (nSPS) is 23.3. The number of nitrogens with zero attached hydrogens (tertiary/aromatic N) is 2. The summed E-state index contributed by atoms with van der Waals surface area (Å²) in [6.45, 7) is 3.90. The van der Waals surface area contributed by atoms with Gasteiger partial charge in [0.2, 0.25) is 0 Å². The van der Waals surface area contributed by atoms with E-state index in [2.05, 4.69) is 23.9 Å². The number of pyridine rings is 1. The van der Waals surface area contributed by atoms with Gasteiger partial charge in [0.1, 0.15) is 0 Å². The number of nitrogens with two attached hydrogens (primary N) is 1. The first kappa shape index (κ1) is 14.4. The zero-order chi connectivity index (χ0) is 13.7. The summed E-state index contributed by atoms with van der Waals surface area (Å²) in [6.07, 6.45) is 7.64. The first-order chi connectivity index (χ1) is 9.18. The smallest absolute Gasteiger partial charge is 0.0702 e. The first-order valence-electron chi connectivity index (χ1n) is 7.16. The summed E-state index contributed by atoms with van der Waals surface area (Å²) in [4.78, 5) is 6.39. The zero-order valence-corrected chi connectivity index (χ0v) is 12.0. The third kappa shape index (κ3) is 4.00. The lowest BCUT2D eigenvalue weighted by molar-refractivity contribution is -0.00986. The Kier molecular flexibility index (Phi) is 5.31. The second-order valence-electron chi connectivity index (χ2n) is 5.51. The summed E-state index contributed by atoms with van der Waals surface area (Å²) in [7, 11) is 2.13. The maximum atomic E-state index is 6.17. The average molecular weight is 263 g/mol. The van der Waals surface area contributed by atoms with E-state index < -0.39 is 0 Å². The number of ether oxygens (including phenoxy) is 1. The van der Waals surface area contributed by atoms with Crippen molar-refractivity contribution in [2.45, 2.75) is 44.4 Å². The predicted octanol–water partition coefficient (Wildman–Crippen LogP) is 1.97. The highest BCUT2D eigenvalue weighted by Gasteiger charge is 2.24. The number of rotatable bonds is 5. The molecule has 19 heavy (non-hydrogen) atoms. The van der Waals surface area contributed by atoms with Crippen LogP contribution in [-0.4, -0.2) is 42.2 Å². The molecule has 0 aromatic carbocycles. The molecule has 4 nitrogen and oxygen atoms in total. The molecule has 4 heteroatoms. The van der Waals surface area contributed by atoms with Gasteiger partial charge in [0.05, 0.1) is 6.10 Å². The van der Waals surface area contributed by atoms with Crippen LogP contribution in [0.4, 0.5) is 0 Å². The van der Waals surface area contributed by atoms with Gasteiger partial charge >= 0.3 is 0 Å². The third-order valence-corrected chi connectivity index (χ3v) is 3.79. The first-order valence-corrected chi connectivity index (χ1v) is 7.16. The van der Waals surface area contributed by atoms with E-state index in [-0.39, 0.29) is 12.1 Å². The van der Waals surface area contributed by atoms with Crippen LogP contribution in [-0.2, 0) is 4.74 Å². The van der Waals surface area contributed by atoms with Gasteiger partial charge < -0.3 is 10.5 Å². The lowest BCUT2D eigenvalue weighted by Crippen LogP contribution is -2.42. The van der Waals surface area contributed by atoms with E-state index in [9.17, 15) is 0 Å². The van der Waals surface area contributed by atoms with Gasteiger partial charge in [-0.3, -0.25) is 9.88 Å². The van der Waals surface area contributed by atoms with Gasteiger partial charge in [-0.2, -0.15) is 0 Å².